The van der Waals surface area contributed by atoms with E-state index < -0.39 is 7.12 Å². The van der Waals surface area contributed by atoms with Gasteiger partial charge in [0.05, 0.1) is 0 Å². The summed E-state index contributed by atoms with van der Waals surface area (Å²) in [5, 5.41) is 18.4. The number of benzene rings is 1. The molecule has 0 aliphatic heterocycles. The molecule has 14 heavy (non-hydrogen) atoms. The smallest absolute Gasteiger partial charge is 0.465 e. The van der Waals surface area contributed by atoms with Crippen LogP contribution in [0, 0.1) is 0 Å². The third-order valence-electron chi connectivity index (χ3n) is 1.95. The van der Waals surface area contributed by atoms with Gasteiger partial charge in [-0.3, -0.25) is 4.79 Å². The van der Waals surface area contributed by atoms with Crippen LogP contribution >= 0.6 is 0 Å². The summed E-state index contributed by atoms with van der Waals surface area (Å²) >= 11 is 0. The quantitative estimate of drug-likeness (QED) is 0.513. The minimum atomic E-state index is -1.62. The van der Waals surface area contributed by atoms with Crippen LogP contribution in [0.4, 0.5) is 0 Å². The molecule has 0 aliphatic rings. The van der Waals surface area contributed by atoms with Crippen molar-refractivity contribution in [2.75, 3.05) is 0 Å². The van der Waals surface area contributed by atoms with E-state index in [0.717, 1.165) is 6.29 Å². The molecule has 2 N–H and O–H groups in total. The van der Waals surface area contributed by atoms with Crippen LogP contribution in [-0.2, 0) is 0 Å². The highest BCUT2D eigenvalue weighted by molar-refractivity contribution is 6.57. The predicted octanol–water partition coefficient (Wildman–Crippen LogP) is -0.0749. The fraction of sp³-hybridized carbons (Fsp3) is 0. The molecule has 0 aliphatic carbocycles. The third kappa shape index (κ3) is 1.43. The second-order valence-electron chi connectivity index (χ2n) is 2.94. The van der Waals surface area contributed by atoms with Crippen molar-refractivity contribution in [1.29, 1.82) is 0 Å². The number of aldehydes is 1. The van der Waals surface area contributed by atoms with Gasteiger partial charge in [-0.15, -0.1) is 0 Å². The van der Waals surface area contributed by atoms with Crippen molar-refractivity contribution in [3.05, 3.63) is 29.8 Å². The van der Waals surface area contributed by atoms with Gasteiger partial charge in [0.15, 0.2) is 0 Å². The average Bonchev–Trinajstić information content (AvgIpc) is 2.59. The van der Waals surface area contributed by atoms with Gasteiger partial charge in [-0.05, 0) is 24.3 Å². The van der Waals surface area contributed by atoms with Crippen molar-refractivity contribution in [2.45, 2.75) is 0 Å². The molecule has 70 valence electrons. The van der Waals surface area contributed by atoms with Crippen LogP contribution in [-0.4, -0.2) is 23.5 Å². The van der Waals surface area contributed by atoms with Crippen LogP contribution in [0.25, 0.3) is 11.0 Å². The van der Waals surface area contributed by atoms with Crippen molar-refractivity contribution >= 4 is 30.0 Å². The van der Waals surface area contributed by atoms with E-state index in [1.54, 1.807) is 18.2 Å². The highest BCUT2D eigenvalue weighted by Gasteiger charge is 2.16. The Kier molecular flexibility index (Phi) is 2.11. The molecule has 0 amide bonds. The first-order valence-electron chi connectivity index (χ1n) is 4.05. The molecule has 0 saturated carbocycles. The standard InChI is InChI=1S/C9H7BO4/c11-5-6-1-2-8-7(3-6)4-9(14-8)10(12)13/h1-5,12-13H. The SMILES string of the molecule is O=Cc1ccc2oc(B(O)O)cc2c1. The highest BCUT2D eigenvalue weighted by Crippen LogP contribution is 2.15. The molecule has 0 radical (unpaired) electrons. The van der Waals surface area contributed by atoms with Crippen LogP contribution in [0.15, 0.2) is 28.7 Å². The van der Waals surface area contributed by atoms with Crippen LogP contribution in [0.5, 0.6) is 0 Å². The van der Waals surface area contributed by atoms with Crippen LogP contribution < -0.4 is 5.66 Å². The zero-order valence-electron chi connectivity index (χ0n) is 7.18. The lowest BCUT2D eigenvalue weighted by Crippen LogP contribution is -2.27. The molecule has 0 spiro atoms. The summed E-state index contributed by atoms with van der Waals surface area (Å²) in [6.07, 6.45) is 0.724. The summed E-state index contributed by atoms with van der Waals surface area (Å²) in [5.74, 6) is 0. The number of fused-ring (bicyclic) bond motifs is 1. The maximum absolute atomic E-state index is 10.5. The molecule has 5 heteroatoms. The Morgan fingerprint density at radius 1 is 1.29 bits per heavy atom. The van der Waals surface area contributed by atoms with Gasteiger partial charge in [-0.25, -0.2) is 0 Å². The van der Waals surface area contributed by atoms with Gasteiger partial charge in [0, 0.05) is 10.9 Å². The van der Waals surface area contributed by atoms with Crippen molar-refractivity contribution in [3.8, 4) is 0 Å². The Balaban J connectivity index is 2.59. The van der Waals surface area contributed by atoms with E-state index in [2.05, 4.69) is 0 Å². The molecule has 1 aromatic carbocycles. The van der Waals surface area contributed by atoms with Crippen LogP contribution in [0.2, 0.25) is 0 Å². The monoisotopic (exact) mass is 190 g/mol. The first-order chi connectivity index (χ1) is 6.70. The lowest BCUT2D eigenvalue weighted by Gasteiger charge is -1.89. The van der Waals surface area contributed by atoms with Gasteiger partial charge >= 0.3 is 7.12 Å². The minimum Gasteiger partial charge on any atom is -0.465 e. The minimum absolute atomic E-state index is 0.0723. The number of furan rings is 1. The molecule has 1 heterocycles. The van der Waals surface area contributed by atoms with Crippen molar-refractivity contribution in [2.24, 2.45) is 0 Å². The highest BCUT2D eigenvalue weighted by atomic mass is 16.4. The molecule has 0 unspecified atom stereocenters. The number of rotatable bonds is 2. The molecule has 2 aromatic rings. The zero-order valence-corrected chi connectivity index (χ0v) is 7.18. The molecule has 4 nitrogen and oxygen atoms in total. The summed E-state index contributed by atoms with van der Waals surface area (Å²) in [6.45, 7) is 0. The van der Waals surface area contributed by atoms with Crippen LogP contribution in [0.1, 0.15) is 10.4 Å². The molecular formula is C9H7BO4. The summed E-state index contributed by atoms with van der Waals surface area (Å²) in [7, 11) is -1.62. The number of hydrogen-bond acceptors (Lipinski definition) is 4. The Morgan fingerprint density at radius 2 is 2.07 bits per heavy atom. The van der Waals surface area contributed by atoms with Gasteiger partial charge in [-0.1, -0.05) is 0 Å². The van der Waals surface area contributed by atoms with Crippen molar-refractivity contribution in [3.63, 3.8) is 0 Å². The maximum Gasteiger partial charge on any atom is 0.526 e. The topological polar surface area (TPSA) is 70.7 Å². The molecule has 0 saturated heterocycles. The molecule has 0 fully saturated rings. The zero-order chi connectivity index (χ0) is 10.1. The normalized spacial score (nSPS) is 10.4. The first kappa shape index (κ1) is 8.99. The third-order valence-corrected chi connectivity index (χ3v) is 1.95. The summed E-state index contributed by atoms with van der Waals surface area (Å²) < 4.78 is 5.11. The average molecular weight is 190 g/mol. The molecule has 0 bridgehead atoms. The van der Waals surface area contributed by atoms with Gasteiger partial charge in [0.25, 0.3) is 0 Å². The second-order valence-corrected chi connectivity index (χ2v) is 2.94. The first-order valence-corrected chi connectivity index (χ1v) is 4.05. The van der Waals surface area contributed by atoms with E-state index in [-0.39, 0.29) is 5.66 Å². The Bertz CT molecular complexity index is 475. The van der Waals surface area contributed by atoms with E-state index in [1.807, 2.05) is 0 Å². The van der Waals surface area contributed by atoms with Crippen molar-refractivity contribution in [1.82, 2.24) is 0 Å². The van der Waals surface area contributed by atoms with E-state index in [0.29, 0.717) is 16.5 Å². The predicted molar refractivity (Wildman–Crippen MR) is 51.4 cm³/mol. The molecule has 0 atom stereocenters. The molecule has 1 aromatic heterocycles. The van der Waals surface area contributed by atoms with Crippen molar-refractivity contribution < 1.29 is 19.3 Å². The largest absolute Gasteiger partial charge is 0.526 e. The molecular weight excluding hydrogens is 183 g/mol. The number of carbonyl (C=O) groups is 1. The second kappa shape index (κ2) is 3.28. The van der Waals surface area contributed by atoms with E-state index in [1.165, 1.54) is 6.07 Å². The maximum atomic E-state index is 10.5. The van der Waals surface area contributed by atoms with E-state index >= 15 is 0 Å². The van der Waals surface area contributed by atoms with E-state index in [4.69, 9.17) is 14.5 Å². The van der Waals surface area contributed by atoms with Gasteiger partial charge in [0.1, 0.15) is 17.5 Å². The van der Waals surface area contributed by atoms with Gasteiger partial charge < -0.3 is 14.5 Å². The lowest BCUT2D eigenvalue weighted by molar-refractivity contribution is 0.112. The number of carbonyl (C=O) groups excluding carboxylic acids is 1. The fourth-order valence-electron chi connectivity index (χ4n) is 1.28. The Labute approximate surface area is 79.9 Å². The summed E-state index contributed by atoms with van der Waals surface area (Å²) in [4.78, 5) is 10.5. The van der Waals surface area contributed by atoms with E-state index in [9.17, 15) is 4.79 Å². The van der Waals surface area contributed by atoms with Crippen LogP contribution in [0.3, 0.4) is 0 Å². The lowest BCUT2D eigenvalue weighted by atomic mass is 9.88. The summed E-state index contributed by atoms with van der Waals surface area (Å²) in [5.41, 5.74) is 1.12. The fourth-order valence-corrected chi connectivity index (χ4v) is 1.28. The summed E-state index contributed by atoms with van der Waals surface area (Å²) in [6, 6.07) is 6.34. The Morgan fingerprint density at radius 3 is 2.71 bits per heavy atom. The molecule has 2 rings (SSSR count). The van der Waals surface area contributed by atoms with Gasteiger partial charge in [0.2, 0.25) is 0 Å². The van der Waals surface area contributed by atoms with Gasteiger partial charge in [-0.2, -0.15) is 0 Å². The number of hydrogen-bond donors (Lipinski definition) is 2. The Hall–Kier alpha value is -1.59.